The minimum absolute atomic E-state index is 0.633. The number of hydrogen-bond donors (Lipinski definition) is 0. The molecule has 1 heteroatoms. The van der Waals surface area contributed by atoms with E-state index in [1.165, 1.54) is 33.9 Å². The van der Waals surface area contributed by atoms with Crippen molar-refractivity contribution in [3.63, 3.8) is 0 Å². The number of para-hydroxylation sites is 4. The Morgan fingerprint density at radius 3 is 1.16 bits per heavy atom. The molecule has 0 spiro atoms. The summed E-state index contributed by atoms with van der Waals surface area (Å²) in [5.74, 6) is 0. The minimum atomic E-state index is 0.633. The summed E-state index contributed by atoms with van der Waals surface area (Å²) < 4.78 is 0.633. The molecule has 25 heavy (non-hydrogen) atoms. The maximum Gasteiger partial charge on any atom is 0.156 e. The largest absolute Gasteiger partial charge is 0.193 e. The van der Waals surface area contributed by atoms with Gasteiger partial charge in [-0.25, -0.2) is 0 Å². The van der Waals surface area contributed by atoms with Crippen LogP contribution in [0.1, 0.15) is 0 Å². The summed E-state index contributed by atoms with van der Waals surface area (Å²) in [6.07, 6.45) is 0. The van der Waals surface area contributed by atoms with Gasteiger partial charge >= 0.3 is 0 Å². The van der Waals surface area contributed by atoms with Crippen molar-refractivity contribution >= 4 is 22.7 Å². The first-order chi connectivity index (χ1) is 12.4. The highest BCUT2D eigenvalue weighted by molar-refractivity contribution is 6.02. The van der Waals surface area contributed by atoms with Gasteiger partial charge in [-0.05, 0) is 12.1 Å². The quantitative estimate of drug-likeness (QED) is 0.308. The Bertz CT molecular complexity index is 949. The lowest BCUT2D eigenvalue weighted by Gasteiger charge is -2.34. The van der Waals surface area contributed by atoms with Crippen molar-refractivity contribution in [1.29, 1.82) is 0 Å². The number of rotatable bonds is 2. The predicted molar refractivity (Wildman–Crippen MR) is 106 cm³/mol. The molecule has 0 aromatic heterocycles. The summed E-state index contributed by atoms with van der Waals surface area (Å²) in [5.41, 5.74) is 7.75. The number of benzene rings is 4. The van der Waals surface area contributed by atoms with Crippen molar-refractivity contribution in [3.05, 3.63) is 109 Å². The van der Waals surface area contributed by atoms with Crippen LogP contribution in [-0.2, 0) is 0 Å². The molecule has 0 N–H and O–H groups in total. The van der Waals surface area contributed by atoms with Gasteiger partial charge in [0, 0.05) is 36.4 Å². The van der Waals surface area contributed by atoms with E-state index in [1.54, 1.807) is 0 Å². The SMILES string of the molecule is c1ccc([N+]2(c3ccccc3)c3ccccc3-c3ccccc32)cc1. The van der Waals surface area contributed by atoms with Gasteiger partial charge in [-0.2, -0.15) is 4.48 Å². The number of fused-ring (bicyclic) bond motifs is 3. The summed E-state index contributed by atoms with van der Waals surface area (Å²) >= 11 is 0. The number of hydrogen-bond acceptors (Lipinski definition) is 0. The summed E-state index contributed by atoms with van der Waals surface area (Å²) in [6, 6.07) is 39.1. The van der Waals surface area contributed by atoms with E-state index in [4.69, 9.17) is 0 Å². The Morgan fingerprint density at radius 2 is 0.720 bits per heavy atom. The maximum atomic E-state index is 2.26. The smallest absolute Gasteiger partial charge is 0.156 e. The lowest BCUT2D eigenvalue weighted by molar-refractivity contribution is 0.721. The highest BCUT2D eigenvalue weighted by Gasteiger charge is 2.47. The predicted octanol–water partition coefficient (Wildman–Crippen LogP) is 6.97. The van der Waals surface area contributed by atoms with E-state index < -0.39 is 0 Å². The first-order valence-corrected chi connectivity index (χ1v) is 8.62. The van der Waals surface area contributed by atoms with Gasteiger partial charge in [-0.15, -0.1) is 0 Å². The molecule has 0 saturated heterocycles. The van der Waals surface area contributed by atoms with Gasteiger partial charge in [0.05, 0.1) is 11.1 Å². The summed E-state index contributed by atoms with van der Waals surface area (Å²) in [7, 11) is 0. The molecule has 0 radical (unpaired) electrons. The molecule has 0 aliphatic carbocycles. The summed E-state index contributed by atoms with van der Waals surface area (Å²) in [5, 5.41) is 0. The molecule has 0 atom stereocenters. The molecule has 4 aromatic rings. The molecule has 118 valence electrons. The zero-order valence-corrected chi connectivity index (χ0v) is 13.8. The van der Waals surface area contributed by atoms with Crippen LogP contribution in [0.15, 0.2) is 109 Å². The van der Waals surface area contributed by atoms with Crippen LogP contribution >= 0.6 is 0 Å². The third kappa shape index (κ3) is 1.87. The van der Waals surface area contributed by atoms with Crippen LogP contribution in [0.5, 0.6) is 0 Å². The van der Waals surface area contributed by atoms with Crippen LogP contribution in [0.3, 0.4) is 0 Å². The Hall–Kier alpha value is -3.16. The molecule has 0 amide bonds. The topological polar surface area (TPSA) is 0 Å². The van der Waals surface area contributed by atoms with Gasteiger partial charge in [-0.3, -0.25) is 0 Å². The molecule has 1 aliphatic heterocycles. The lowest BCUT2D eigenvalue weighted by atomic mass is 10.1. The van der Waals surface area contributed by atoms with Gasteiger partial charge in [0.15, 0.2) is 11.4 Å². The van der Waals surface area contributed by atoms with Crippen molar-refractivity contribution in [2.45, 2.75) is 0 Å². The number of quaternary nitrogens is 1. The van der Waals surface area contributed by atoms with Crippen molar-refractivity contribution in [2.75, 3.05) is 0 Å². The molecule has 0 saturated carbocycles. The second-order valence-corrected chi connectivity index (χ2v) is 6.38. The molecule has 1 heterocycles. The van der Waals surface area contributed by atoms with Gasteiger partial charge in [0.2, 0.25) is 0 Å². The van der Waals surface area contributed by atoms with Crippen molar-refractivity contribution < 1.29 is 0 Å². The standard InChI is InChI=1S/C24H18N/c1-3-11-19(12-4-1)25(20-13-5-2-6-14-20)23-17-9-7-15-21(23)22-16-8-10-18-24(22)25/h1-18H/q+1. The Kier molecular flexibility index (Phi) is 3.09. The van der Waals surface area contributed by atoms with E-state index >= 15 is 0 Å². The van der Waals surface area contributed by atoms with Gasteiger partial charge < -0.3 is 0 Å². The van der Waals surface area contributed by atoms with Crippen molar-refractivity contribution in [2.24, 2.45) is 0 Å². The van der Waals surface area contributed by atoms with Gasteiger partial charge in [-0.1, -0.05) is 60.7 Å². The van der Waals surface area contributed by atoms with E-state index in [9.17, 15) is 0 Å². The van der Waals surface area contributed by atoms with Crippen LogP contribution in [-0.4, -0.2) is 0 Å². The van der Waals surface area contributed by atoms with Crippen LogP contribution < -0.4 is 4.48 Å². The molecule has 0 fully saturated rings. The Balaban J connectivity index is 1.98. The highest BCUT2D eigenvalue weighted by atomic mass is 15.4. The highest BCUT2D eigenvalue weighted by Crippen LogP contribution is 2.61. The van der Waals surface area contributed by atoms with Crippen LogP contribution in [0.4, 0.5) is 22.7 Å². The molecule has 5 rings (SSSR count). The zero-order valence-electron chi connectivity index (χ0n) is 13.8. The van der Waals surface area contributed by atoms with E-state index in [0.29, 0.717) is 4.48 Å². The molecule has 0 bridgehead atoms. The normalized spacial score (nSPS) is 13.9. The Labute approximate surface area is 148 Å². The third-order valence-electron chi connectivity index (χ3n) is 5.11. The fourth-order valence-electron chi connectivity index (χ4n) is 4.13. The maximum absolute atomic E-state index is 2.26. The average molecular weight is 320 g/mol. The summed E-state index contributed by atoms with van der Waals surface area (Å²) in [4.78, 5) is 0. The minimum Gasteiger partial charge on any atom is -0.193 e. The van der Waals surface area contributed by atoms with Crippen molar-refractivity contribution in [1.82, 2.24) is 4.48 Å². The van der Waals surface area contributed by atoms with Crippen LogP contribution in [0.2, 0.25) is 0 Å². The molecule has 4 aromatic carbocycles. The fourth-order valence-corrected chi connectivity index (χ4v) is 4.13. The second-order valence-electron chi connectivity index (χ2n) is 6.38. The third-order valence-corrected chi connectivity index (χ3v) is 5.11. The number of nitrogens with zero attached hydrogens (tertiary/aromatic N) is 1. The molecular formula is C24H18N+. The second kappa shape index (κ2) is 5.44. The van der Waals surface area contributed by atoms with E-state index in [1.807, 2.05) is 0 Å². The van der Waals surface area contributed by atoms with E-state index in [0.717, 1.165) is 0 Å². The summed E-state index contributed by atoms with van der Waals surface area (Å²) in [6.45, 7) is 0. The molecule has 1 aliphatic rings. The van der Waals surface area contributed by atoms with E-state index in [-0.39, 0.29) is 0 Å². The van der Waals surface area contributed by atoms with Crippen molar-refractivity contribution in [3.8, 4) is 11.1 Å². The first-order valence-electron chi connectivity index (χ1n) is 8.62. The lowest BCUT2D eigenvalue weighted by Crippen LogP contribution is -2.30. The van der Waals surface area contributed by atoms with Crippen LogP contribution in [0.25, 0.3) is 11.1 Å². The van der Waals surface area contributed by atoms with E-state index in [2.05, 4.69) is 109 Å². The van der Waals surface area contributed by atoms with Gasteiger partial charge in [0.25, 0.3) is 0 Å². The molecule has 0 unspecified atom stereocenters. The van der Waals surface area contributed by atoms with Crippen LogP contribution in [0, 0.1) is 0 Å². The average Bonchev–Trinajstić information content (AvgIpc) is 3.01. The Morgan fingerprint density at radius 1 is 0.360 bits per heavy atom. The monoisotopic (exact) mass is 320 g/mol. The van der Waals surface area contributed by atoms with Gasteiger partial charge in [0.1, 0.15) is 11.4 Å². The first kappa shape index (κ1) is 14.2. The zero-order chi connectivity index (χ0) is 16.7. The fraction of sp³-hybridized carbons (Fsp3) is 0. The molecular weight excluding hydrogens is 302 g/mol. The molecule has 1 nitrogen and oxygen atoms in total.